The summed E-state index contributed by atoms with van der Waals surface area (Å²) in [5.74, 6) is 0.761. The third kappa shape index (κ3) is 2.10. The smallest absolute Gasteiger partial charge is 0.0830 e. The summed E-state index contributed by atoms with van der Waals surface area (Å²) in [6.45, 7) is 0. The minimum atomic E-state index is 0.689. The molecule has 0 bridgehead atoms. The Morgan fingerprint density at radius 1 is 1.62 bits per heavy atom. The molecule has 0 aromatic carbocycles. The fourth-order valence-corrected chi connectivity index (χ4v) is 2.75. The van der Waals surface area contributed by atoms with E-state index in [1.807, 2.05) is 13.2 Å². The molecule has 1 aliphatic carbocycles. The van der Waals surface area contributed by atoms with Crippen LogP contribution in [-0.4, -0.2) is 19.8 Å². The van der Waals surface area contributed by atoms with Crippen LogP contribution in [0.1, 0.15) is 25.0 Å². The Labute approximate surface area is 86.6 Å². The Bertz CT molecular complexity index is 284. The van der Waals surface area contributed by atoms with Gasteiger partial charge in [-0.1, -0.05) is 22.4 Å². The van der Waals surface area contributed by atoms with Gasteiger partial charge < -0.3 is 0 Å². The number of hydrogen-bond donors (Lipinski definition) is 0. The minimum Gasteiger partial charge on any atom is -0.188 e. The molecule has 0 N–H and O–H groups in total. The molecular weight excluding hydrogens is 230 g/mol. The fraction of sp³-hybridized carbons (Fsp3) is 0.778. The molecule has 1 heterocycles. The Morgan fingerprint density at radius 3 is 3.00 bits per heavy atom. The highest BCUT2D eigenvalue weighted by Gasteiger charge is 2.25. The van der Waals surface area contributed by atoms with Crippen molar-refractivity contribution in [2.45, 2.75) is 30.5 Å². The highest BCUT2D eigenvalue weighted by Crippen LogP contribution is 2.33. The van der Waals surface area contributed by atoms with Crippen molar-refractivity contribution in [2.75, 3.05) is 0 Å². The molecule has 0 saturated heterocycles. The van der Waals surface area contributed by atoms with Gasteiger partial charge in [-0.05, 0) is 25.2 Å². The molecule has 3 nitrogen and oxygen atoms in total. The van der Waals surface area contributed by atoms with E-state index in [9.17, 15) is 0 Å². The second kappa shape index (κ2) is 3.78. The summed E-state index contributed by atoms with van der Waals surface area (Å²) in [6.07, 6.45) is 6.93. The largest absolute Gasteiger partial charge is 0.188 e. The molecule has 0 aliphatic heterocycles. The molecule has 2 rings (SSSR count). The van der Waals surface area contributed by atoms with E-state index in [1.54, 1.807) is 4.80 Å². The van der Waals surface area contributed by atoms with Gasteiger partial charge in [0.05, 0.1) is 11.9 Å². The van der Waals surface area contributed by atoms with Gasteiger partial charge in [0.25, 0.3) is 0 Å². The van der Waals surface area contributed by atoms with E-state index in [2.05, 4.69) is 26.1 Å². The van der Waals surface area contributed by atoms with Crippen LogP contribution in [0.5, 0.6) is 0 Å². The summed E-state index contributed by atoms with van der Waals surface area (Å²) in [4.78, 5) is 2.32. The molecule has 0 amide bonds. The molecule has 0 radical (unpaired) electrons. The first-order valence-electron chi connectivity index (χ1n) is 4.75. The molecule has 1 saturated carbocycles. The third-order valence-corrected chi connectivity index (χ3v) is 3.89. The van der Waals surface area contributed by atoms with Crippen molar-refractivity contribution in [3.63, 3.8) is 0 Å². The lowest BCUT2D eigenvalue weighted by molar-refractivity contribution is 0.546. The SMILES string of the molecule is Cn1ncc(CC2CCCC2Br)n1. The minimum absolute atomic E-state index is 0.689. The molecule has 1 aromatic rings. The van der Waals surface area contributed by atoms with Crippen molar-refractivity contribution >= 4 is 15.9 Å². The molecule has 2 unspecified atom stereocenters. The summed E-state index contributed by atoms with van der Waals surface area (Å²) in [5.41, 5.74) is 1.12. The van der Waals surface area contributed by atoms with Gasteiger partial charge in [-0.25, -0.2) is 0 Å². The van der Waals surface area contributed by atoms with Gasteiger partial charge in [0.1, 0.15) is 0 Å². The lowest BCUT2D eigenvalue weighted by Crippen LogP contribution is -2.10. The Hall–Kier alpha value is -0.380. The number of rotatable bonds is 2. The number of hydrogen-bond acceptors (Lipinski definition) is 2. The molecule has 4 heteroatoms. The second-order valence-electron chi connectivity index (χ2n) is 3.74. The van der Waals surface area contributed by atoms with Crippen LogP contribution in [0.2, 0.25) is 0 Å². The number of aromatic nitrogens is 3. The van der Waals surface area contributed by atoms with Gasteiger partial charge in [0.2, 0.25) is 0 Å². The van der Waals surface area contributed by atoms with Crippen molar-refractivity contribution in [1.29, 1.82) is 0 Å². The van der Waals surface area contributed by atoms with E-state index in [1.165, 1.54) is 19.3 Å². The van der Waals surface area contributed by atoms with Crippen LogP contribution < -0.4 is 0 Å². The summed E-state index contributed by atoms with van der Waals surface area (Å²) in [5, 5.41) is 8.37. The zero-order valence-corrected chi connectivity index (χ0v) is 9.37. The van der Waals surface area contributed by atoms with Crippen molar-refractivity contribution in [2.24, 2.45) is 13.0 Å². The average molecular weight is 244 g/mol. The third-order valence-electron chi connectivity index (χ3n) is 2.68. The quantitative estimate of drug-likeness (QED) is 0.744. The van der Waals surface area contributed by atoms with Gasteiger partial charge in [-0.3, -0.25) is 0 Å². The van der Waals surface area contributed by atoms with Crippen LogP contribution >= 0.6 is 15.9 Å². The monoisotopic (exact) mass is 243 g/mol. The van der Waals surface area contributed by atoms with E-state index in [4.69, 9.17) is 0 Å². The standard InChI is InChI=1S/C9H14BrN3/c1-13-11-6-8(12-13)5-7-3-2-4-9(7)10/h6-7,9H,2-5H2,1H3. The molecular formula is C9H14BrN3. The highest BCUT2D eigenvalue weighted by molar-refractivity contribution is 9.09. The van der Waals surface area contributed by atoms with Crippen LogP contribution in [0, 0.1) is 5.92 Å². The van der Waals surface area contributed by atoms with Crippen LogP contribution in [0.15, 0.2) is 6.20 Å². The van der Waals surface area contributed by atoms with E-state index >= 15 is 0 Å². The predicted octanol–water partition coefficient (Wildman–Crippen LogP) is 1.92. The van der Waals surface area contributed by atoms with Crippen LogP contribution in [-0.2, 0) is 13.5 Å². The maximum absolute atomic E-state index is 4.29. The maximum atomic E-state index is 4.29. The zero-order valence-electron chi connectivity index (χ0n) is 7.78. The summed E-state index contributed by atoms with van der Waals surface area (Å²) < 4.78 is 0. The molecule has 1 aromatic heterocycles. The molecule has 2 atom stereocenters. The topological polar surface area (TPSA) is 30.7 Å². The van der Waals surface area contributed by atoms with Crippen molar-refractivity contribution in [1.82, 2.24) is 15.0 Å². The van der Waals surface area contributed by atoms with Crippen molar-refractivity contribution < 1.29 is 0 Å². The van der Waals surface area contributed by atoms with Crippen LogP contribution in [0.3, 0.4) is 0 Å². The average Bonchev–Trinajstić information content (AvgIpc) is 2.64. The van der Waals surface area contributed by atoms with Gasteiger partial charge >= 0.3 is 0 Å². The number of nitrogens with zero attached hydrogens (tertiary/aromatic N) is 3. The molecule has 1 fully saturated rings. The summed E-state index contributed by atoms with van der Waals surface area (Å²) >= 11 is 3.71. The van der Waals surface area contributed by atoms with Gasteiger partial charge in [0.15, 0.2) is 0 Å². The number of aryl methyl sites for hydroxylation is 1. The van der Waals surface area contributed by atoms with Crippen molar-refractivity contribution in [3.8, 4) is 0 Å². The highest BCUT2D eigenvalue weighted by atomic mass is 79.9. The lowest BCUT2D eigenvalue weighted by atomic mass is 10.0. The van der Waals surface area contributed by atoms with Crippen LogP contribution in [0.4, 0.5) is 0 Å². The first-order chi connectivity index (χ1) is 6.25. The summed E-state index contributed by atoms with van der Waals surface area (Å²) in [7, 11) is 1.86. The predicted molar refractivity (Wildman–Crippen MR) is 54.8 cm³/mol. The summed E-state index contributed by atoms with van der Waals surface area (Å²) in [6, 6.07) is 0. The van der Waals surface area contributed by atoms with Gasteiger partial charge in [-0.2, -0.15) is 15.0 Å². The molecule has 72 valence electrons. The maximum Gasteiger partial charge on any atom is 0.0830 e. The van der Waals surface area contributed by atoms with E-state index in [0.29, 0.717) is 4.83 Å². The number of alkyl halides is 1. The lowest BCUT2D eigenvalue weighted by Gasteiger charge is -2.10. The molecule has 13 heavy (non-hydrogen) atoms. The van der Waals surface area contributed by atoms with Gasteiger partial charge in [-0.15, -0.1) is 0 Å². The van der Waals surface area contributed by atoms with E-state index < -0.39 is 0 Å². The Kier molecular flexibility index (Phi) is 2.67. The van der Waals surface area contributed by atoms with Crippen molar-refractivity contribution in [3.05, 3.63) is 11.9 Å². The Morgan fingerprint density at radius 2 is 2.46 bits per heavy atom. The first-order valence-corrected chi connectivity index (χ1v) is 5.66. The van der Waals surface area contributed by atoms with E-state index in [0.717, 1.165) is 18.0 Å². The van der Waals surface area contributed by atoms with Gasteiger partial charge in [0, 0.05) is 11.9 Å². The molecule has 0 spiro atoms. The second-order valence-corrected chi connectivity index (χ2v) is 4.91. The molecule has 1 aliphatic rings. The zero-order chi connectivity index (χ0) is 9.26. The number of halogens is 1. The van der Waals surface area contributed by atoms with E-state index in [-0.39, 0.29) is 0 Å². The normalized spacial score (nSPS) is 28.2. The Balaban J connectivity index is 1.97. The van der Waals surface area contributed by atoms with Crippen LogP contribution in [0.25, 0.3) is 0 Å². The first kappa shape index (κ1) is 9.19. The fourth-order valence-electron chi connectivity index (χ4n) is 1.97.